The molecule has 334 valence electrons. The SMILES string of the molecule is CC(C)(C)OC(=O)N[C@H]1C[C@@H]2C[C@@H]2C[C@H]2CC[C@@H](C(=O)N3C[C@@H](c4ccn(CCCCCCC#Cc5cccc6c5CN(C5CCC(=O)NC5=O)C6=O)c(=O)c4)CC34CC4)N2C1=O. The number of likely N-dealkylation sites (tertiary alicyclic amines) is 1. The first-order chi connectivity index (χ1) is 30.2. The number of amides is 6. The number of aromatic nitrogens is 1. The number of unbranched alkanes of at least 4 members (excludes halogenated alkanes) is 4. The number of hydrogen-bond acceptors (Lipinski definition) is 8. The number of pyridine rings is 1. The van der Waals surface area contributed by atoms with Crippen LogP contribution in [0.4, 0.5) is 4.79 Å². The standard InChI is InChI=1S/C49H60N6O8/c1-48(2,3)63-47(62)50-38-25-33-23-32(33)24-35-14-15-40(55(35)45(38)60)46(61)54-28-34(27-49(54)19-20-49)31-18-22-52(42(57)26-31)21-9-7-5-4-6-8-11-30-12-10-13-36-37(30)29-53(44(36)59)39-16-17-41(56)51-43(39)58/h10,12-13,18,22,26,32-35,38-40H,4-7,9,14-17,19-21,23-25,27-29H2,1-3H3,(H,50,62)(H,51,56,58)/t32-,33+,34+,35-,38+,39?,40+/m1/s1. The zero-order chi connectivity index (χ0) is 44.2. The maximum absolute atomic E-state index is 14.5. The van der Waals surface area contributed by atoms with E-state index in [4.69, 9.17) is 4.74 Å². The number of aryl methyl sites for hydroxylation is 1. The van der Waals surface area contributed by atoms with E-state index in [1.807, 2.05) is 34.2 Å². The smallest absolute Gasteiger partial charge is 0.408 e. The Balaban J connectivity index is 0.754. The molecule has 2 aromatic rings. The van der Waals surface area contributed by atoms with Crippen molar-refractivity contribution in [2.24, 2.45) is 11.8 Å². The molecule has 63 heavy (non-hydrogen) atoms. The van der Waals surface area contributed by atoms with Crippen LogP contribution in [-0.2, 0) is 37.0 Å². The highest BCUT2D eigenvalue weighted by atomic mass is 16.6. The first-order valence-corrected chi connectivity index (χ1v) is 23.3. The quantitative estimate of drug-likeness (QED) is 0.188. The van der Waals surface area contributed by atoms with Crippen molar-refractivity contribution in [1.29, 1.82) is 0 Å². The van der Waals surface area contributed by atoms with Crippen LogP contribution in [0.2, 0.25) is 0 Å². The molecule has 2 saturated carbocycles. The van der Waals surface area contributed by atoms with Gasteiger partial charge in [-0.25, -0.2) is 4.79 Å². The Labute approximate surface area is 368 Å². The van der Waals surface area contributed by atoms with Crippen LogP contribution < -0.4 is 16.2 Å². The third kappa shape index (κ3) is 8.89. The zero-order valence-electron chi connectivity index (χ0n) is 36.8. The van der Waals surface area contributed by atoms with Gasteiger partial charge in [0.25, 0.3) is 11.5 Å². The third-order valence-corrected chi connectivity index (χ3v) is 14.7. The molecule has 7 aliphatic rings. The van der Waals surface area contributed by atoms with E-state index in [0.717, 1.165) is 80.9 Å². The van der Waals surface area contributed by atoms with Crippen molar-refractivity contribution in [1.82, 2.24) is 29.9 Å². The molecule has 2 N–H and O–H groups in total. The molecule has 2 aliphatic carbocycles. The van der Waals surface area contributed by atoms with E-state index >= 15 is 0 Å². The summed E-state index contributed by atoms with van der Waals surface area (Å²) in [5, 5.41) is 5.22. The number of nitrogens with one attached hydrogen (secondary N) is 2. The molecule has 4 saturated heterocycles. The Morgan fingerprint density at radius 1 is 0.952 bits per heavy atom. The summed E-state index contributed by atoms with van der Waals surface area (Å²) >= 11 is 0. The Morgan fingerprint density at radius 3 is 2.51 bits per heavy atom. The number of carbonyl (C=O) groups excluding carboxylic acids is 6. The molecule has 1 spiro atoms. The largest absolute Gasteiger partial charge is 0.444 e. The topological polar surface area (TPSA) is 167 Å². The average molecular weight is 861 g/mol. The molecule has 14 heteroatoms. The first-order valence-electron chi connectivity index (χ1n) is 23.3. The van der Waals surface area contributed by atoms with E-state index in [1.165, 1.54) is 0 Å². The van der Waals surface area contributed by atoms with Crippen LogP contribution in [0, 0.1) is 23.7 Å². The van der Waals surface area contributed by atoms with E-state index in [9.17, 15) is 33.6 Å². The lowest BCUT2D eigenvalue weighted by Crippen LogP contribution is -2.58. The highest BCUT2D eigenvalue weighted by Crippen LogP contribution is 2.55. The van der Waals surface area contributed by atoms with Gasteiger partial charge in [0.15, 0.2) is 0 Å². The summed E-state index contributed by atoms with van der Waals surface area (Å²) < 4.78 is 7.29. The van der Waals surface area contributed by atoms with Crippen molar-refractivity contribution in [3.8, 4) is 11.8 Å². The van der Waals surface area contributed by atoms with Gasteiger partial charge in [-0.05, 0) is 133 Å². The van der Waals surface area contributed by atoms with Gasteiger partial charge < -0.3 is 29.3 Å². The van der Waals surface area contributed by atoms with Gasteiger partial charge in [0, 0.05) is 73.4 Å². The summed E-state index contributed by atoms with van der Waals surface area (Å²) in [4.78, 5) is 97.6. The van der Waals surface area contributed by atoms with Gasteiger partial charge in [-0.3, -0.25) is 34.1 Å². The fourth-order valence-corrected chi connectivity index (χ4v) is 11.1. The van der Waals surface area contributed by atoms with Crippen LogP contribution in [0.3, 0.4) is 0 Å². The Kier molecular flexibility index (Phi) is 11.5. The van der Waals surface area contributed by atoms with Crippen molar-refractivity contribution in [2.45, 2.75) is 171 Å². The number of benzene rings is 1. The lowest BCUT2D eigenvalue weighted by Gasteiger charge is -2.37. The lowest BCUT2D eigenvalue weighted by molar-refractivity contribution is -0.148. The number of nitrogens with zero attached hydrogens (tertiary/aromatic N) is 4. The van der Waals surface area contributed by atoms with E-state index in [2.05, 4.69) is 22.5 Å². The van der Waals surface area contributed by atoms with Crippen molar-refractivity contribution >= 4 is 35.6 Å². The maximum atomic E-state index is 14.5. The van der Waals surface area contributed by atoms with Crippen molar-refractivity contribution in [3.05, 3.63) is 69.1 Å². The van der Waals surface area contributed by atoms with Gasteiger partial charge >= 0.3 is 6.09 Å². The summed E-state index contributed by atoms with van der Waals surface area (Å²) in [7, 11) is 0. The molecule has 6 fully saturated rings. The minimum Gasteiger partial charge on any atom is -0.444 e. The molecule has 7 atom stereocenters. The summed E-state index contributed by atoms with van der Waals surface area (Å²) in [6, 6.07) is 7.35. The highest BCUT2D eigenvalue weighted by molar-refractivity contribution is 6.05. The second kappa shape index (κ2) is 16.9. The predicted molar refractivity (Wildman–Crippen MR) is 232 cm³/mol. The summed E-state index contributed by atoms with van der Waals surface area (Å²) in [6.07, 6.45) is 12.8. The van der Waals surface area contributed by atoms with Gasteiger partial charge in [0.05, 0.1) is 0 Å². The zero-order valence-corrected chi connectivity index (χ0v) is 36.8. The number of hydrogen-bond donors (Lipinski definition) is 2. The van der Waals surface area contributed by atoms with E-state index < -0.39 is 35.7 Å². The Bertz CT molecular complexity index is 2330. The molecule has 5 aliphatic heterocycles. The van der Waals surface area contributed by atoms with Crippen LogP contribution in [0.5, 0.6) is 0 Å². The second-order valence-corrected chi connectivity index (χ2v) is 20.2. The number of fused-ring (bicyclic) bond motifs is 3. The number of rotatable bonds is 10. The minimum absolute atomic E-state index is 0.00248. The molecule has 0 radical (unpaired) electrons. The van der Waals surface area contributed by atoms with Gasteiger partial charge in [-0.2, -0.15) is 0 Å². The molecule has 6 heterocycles. The minimum atomic E-state index is -0.710. The maximum Gasteiger partial charge on any atom is 0.408 e. The molecule has 14 nitrogen and oxygen atoms in total. The highest BCUT2D eigenvalue weighted by Gasteiger charge is 2.59. The third-order valence-electron chi connectivity index (χ3n) is 14.7. The number of ether oxygens (including phenoxy) is 1. The summed E-state index contributed by atoms with van der Waals surface area (Å²) in [6.45, 7) is 6.85. The molecule has 1 aromatic heterocycles. The molecule has 0 bridgehead atoms. The molecular formula is C49H60N6O8. The molecular weight excluding hydrogens is 801 g/mol. The fourth-order valence-electron chi connectivity index (χ4n) is 11.1. The van der Waals surface area contributed by atoms with Gasteiger partial charge in [0.2, 0.25) is 23.6 Å². The van der Waals surface area contributed by atoms with E-state index in [-0.39, 0.29) is 53.1 Å². The monoisotopic (exact) mass is 860 g/mol. The van der Waals surface area contributed by atoms with Crippen molar-refractivity contribution < 1.29 is 33.5 Å². The molecule has 9 rings (SSSR count). The van der Waals surface area contributed by atoms with Gasteiger partial charge in [0.1, 0.15) is 23.7 Å². The van der Waals surface area contributed by atoms with Crippen LogP contribution in [-0.4, -0.2) is 96.7 Å². The Hall–Kier alpha value is -5.45. The van der Waals surface area contributed by atoms with Crippen LogP contribution in [0.25, 0.3) is 0 Å². The first kappa shape index (κ1) is 42.8. The van der Waals surface area contributed by atoms with Crippen molar-refractivity contribution in [2.75, 3.05) is 6.54 Å². The van der Waals surface area contributed by atoms with Gasteiger partial charge in [-0.1, -0.05) is 30.7 Å². The molecule has 6 amide bonds. The summed E-state index contributed by atoms with van der Waals surface area (Å²) in [5.74, 6) is 6.38. The predicted octanol–water partition coefficient (Wildman–Crippen LogP) is 5.14. The van der Waals surface area contributed by atoms with E-state index in [0.29, 0.717) is 62.7 Å². The summed E-state index contributed by atoms with van der Waals surface area (Å²) in [5.41, 5.74) is 2.18. The number of imide groups is 1. The molecule has 1 unspecified atom stereocenters. The lowest BCUT2D eigenvalue weighted by atomic mass is 9.96. The number of carbonyl (C=O) groups is 6. The van der Waals surface area contributed by atoms with Crippen LogP contribution >= 0.6 is 0 Å². The van der Waals surface area contributed by atoms with Crippen LogP contribution in [0.1, 0.15) is 150 Å². The normalized spacial score (nSPS) is 28.0. The molecule has 1 aromatic carbocycles. The van der Waals surface area contributed by atoms with Crippen LogP contribution in [0.15, 0.2) is 41.3 Å². The fraction of sp³-hybridized carbons (Fsp3) is 0.612. The number of piperidine rings is 1. The van der Waals surface area contributed by atoms with Crippen molar-refractivity contribution in [3.63, 3.8) is 0 Å². The Morgan fingerprint density at radius 2 is 1.75 bits per heavy atom. The number of alkyl carbamates (subject to hydrolysis) is 1. The average Bonchev–Trinajstić information content (AvgIpc) is 4.02. The second-order valence-electron chi connectivity index (χ2n) is 20.2. The van der Waals surface area contributed by atoms with Gasteiger partial charge in [-0.15, -0.1) is 0 Å². The van der Waals surface area contributed by atoms with E-state index in [1.54, 1.807) is 42.4 Å².